The quantitative estimate of drug-likeness (QED) is 0.373. The maximum atomic E-state index is 12.8. The van der Waals surface area contributed by atoms with Crippen LogP contribution in [0.5, 0.6) is 5.75 Å². The zero-order valence-corrected chi connectivity index (χ0v) is 17.9. The van der Waals surface area contributed by atoms with E-state index < -0.39 is 5.63 Å². The number of nitrogens with zero attached hydrogens (tertiary/aromatic N) is 1. The number of fused-ring (bicyclic) bond motifs is 1. The summed E-state index contributed by atoms with van der Waals surface area (Å²) < 4.78 is 11.3. The number of halogens is 1. The van der Waals surface area contributed by atoms with Crippen molar-refractivity contribution in [2.45, 2.75) is 26.3 Å². The molecule has 2 aromatic heterocycles. The molecule has 2 heterocycles. The zero-order chi connectivity index (χ0) is 21.0. The molecule has 1 aromatic carbocycles. The van der Waals surface area contributed by atoms with Gasteiger partial charge < -0.3 is 14.1 Å². The Bertz CT molecular complexity index is 1100. The summed E-state index contributed by atoms with van der Waals surface area (Å²) >= 11 is 7.43. The highest BCUT2D eigenvalue weighted by Gasteiger charge is 2.17. The summed E-state index contributed by atoms with van der Waals surface area (Å²) in [5.74, 6) is 0.569. The Labute approximate surface area is 178 Å². The number of rotatable bonds is 8. The van der Waals surface area contributed by atoms with Gasteiger partial charge in [-0.15, -0.1) is 17.9 Å². The molecule has 5 nitrogen and oxygen atoms in total. The highest BCUT2D eigenvalue weighted by Crippen LogP contribution is 2.25. The van der Waals surface area contributed by atoms with Gasteiger partial charge in [-0.1, -0.05) is 17.7 Å². The van der Waals surface area contributed by atoms with Crippen molar-refractivity contribution < 1.29 is 13.9 Å². The van der Waals surface area contributed by atoms with Crippen molar-refractivity contribution in [3.63, 3.8) is 0 Å². The van der Waals surface area contributed by atoms with Crippen molar-refractivity contribution in [1.82, 2.24) is 4.90 Å². The predicted molar refractivity (Wildman–Crippen MR) is 117 cm³/mol. The number of carbonyl (C=O) groups excluding carboxylic acids is 1. The van der Waals surface area contributed by atoms with Gasteiger partial charge in [-0.3, -0.25) is 4.79 Å². The lowest BCUT2D eigenvalue weighted by Crippen LogP contribution is -2.31. The zero-order valence-electron chi connectivity index (χ0n) is 16.4. The Morgan fingerprint density at radius 3 is 2.79 bits per heavy atom. The Hall–Kier alpha value is -2.57. The van der Waals surface area contributed by atoms with E-state index in [0.717, 1.165) is 15.8 Å². The number of methoxy groups -OCH3 is 1. The summed E-state index contributed by atoms with van der Waals surface area (Å²) in [5.41, 5.74) is 1.40. The Morgan fingerprint density at radius 2 is 2.14 bits per heavy atom. The molecule has 152 valence electrons. The molecule has 0 spiro atoms. The maximum absolute atomic E-state index is 12.8. The third-order valence-electron chi connectivity index (χ3n) is 4.76. The minimum Gasteiger partial charge on any atom is -0.497 e. The van der Waals surface area contributed by atoms with Gasteiger partial charge in [0.2, 0.25) is 5.91 Å². The smallest absolute Gasteiger partial charge is 0.339 e. The van der Waals surface area contributed by atoms with Crippen LogP contribution in [0.15, 0.2) is 52.2 Å². The first-order valence-electron chi connectivity index (χ1n) is 9.16. The van der Waals surface area contributed by atoms with Crippen LogP contribution in [0.1, 0.15) is 22.4 Å². The van der Waals surface area contributed by atoms with Crippen molar-refractivity contribution in [2.75, 3.05) is 13.7 Å². The molecule has 1 amide bonds. The molecule has 0 aliphatic heterocycles. The van der Waals surface area contributed by atoms with E-state index in [9.17, 15) is 9.59 Å². The third-order valence-corrected chi connectivity index (χ3v) is 5.98. The van der Waals surface area contributed by atoms with E-state index >= 15 is 0 Å². The Kier molecular flexibility index (Phi) is 6.77. The summed E-state index contributed by atoms with van der Waals surface area (Å²) in [4.78, 5) is 28.0. The molecule has 0 aliphatic carbocycles. The molecule has 0 atom stereocenters. The molecule has 0 bridgehead atoms. The van der Waals surface area contributed by atoms with Crippen LogP contribution in [0.25, 0.3) is 11.0 Å². The summed E-state index contributed by atoms with van der Waals surface area (Å²) in [6, 6.07) is 9.10. The number of hydrogen-bond donors (Lipinski definition) is 0. The van der Waals surface area contributed by atoms with Crippen LogP contribution >= 0.6 is 22.9 Å². The van der Waals surface area contributed by atoms with E-state index in [4.69, 9.17) is 20.8 Å². The predicted octanol–water partition coefficient (Wildman–Crippen LogP) is 4.97. The molecule has 0 saturated carbocycles. The molecular formula is C22H22ClNO4S. The number of ether oxygens (including phenoxy) is 1. The molecule has 0 saturated heterocycles. The molecular weight excluding hydrogens is 410 g/mol. The van der Waals surface area contributed by atoms with Gasteiger partial charge in [0.05, 0.1) is 18.0 Å². The second kappa shape index (κ2) is 9.29. The summed E-state index contributed by atoms with van der Waals surface area (Å²) in [7, 11) is 1.56. The largest absolute Gasteiger partial charge is 0.497 e. The van der Waals surface area contributed by atoms with Crippen LogP contribution in [0.2, 0.25) is 4.34 Å². The number of aryl methyl sites for hydroxylation is 1. The lowest BCUT2D eigenvalue weighted by Gasteiger charge is -2.20. The fraction of sp³-hybridized carbons (Fsp3) is 0.273. The molecule has 0 radical (unpaired) electrons. The van der Waals surface area contributed by atoms with Crippen LogP contribution in [-0.4, -0.2) is 24.5 Å². The first-order chi connectivity index (χ1) is 13.9. The van der Waals surface area contributed by atoms with Gasteiger partial charge in [-0.2, -0.15) is 0 Å². The second-order valence-corrected chi connectivity index (χ2v) is 8.42. The Balaban J connectivity index is 1.78. The topological polar surface area (TPSA) is 59.8 Å². The van der Waals surface area contributed by atoms with Gasteiger partial charge in [-0.05, 0) is 43.2 Å². The number of hydrogen-bond acceptors (Lipinski definition) is 5. The molecule has 0 aliphatic rings. The molecule has 3 rings (SSSR count). The SMILES string of the molecule is C=CCN(Cc1ccc(Cl)s1)C(=O)CCc1c(C)c2ccc(OC)cc2oc1=O. The first-order valence-corrected chi connectivity index (χ1v) is 10.4. The molecule has 0 unspecified atom stereocenters. The lowest BCUT2D eigenvalue weighted by molar-refractivity contribution is -0.131. The number of benzene rings is 1. The summed E-state index contributed by atoms with van der Waals surface area (Å²) in [5, 5.41) is 0.837. The van der Waals surface area contributed by atoms with Gasteiger partial charge in [0.1, 0.15) is 11.3 Å². The minimum atomic E-state index is -0.420. The van der Waals surface area contributed by atoms with Gasteiger partial charge in [0.15, 0.2) is 0 Å². The van der Waals surface area contributed by atoms with Crippen LogP contribution in [-0.2, 0) is 17.8 Å². The summed E-state index contributed by atoms with van der Waals surface area (Å²) in [6.45, 7) is 6.50. The fourth-order valence-corrected chi connectivity index (χ4v) is 4.32. The highest BCUT2D eigenvalue weighted by molar-refractivity contribution is 7.16. The van der Waals surface area contributed by atoms with Crippen LogP contribution in [0.4, 0.5) is 0 Å². The number of carbonyl (C=O) groups is 1. The lowest BCUT2D eigenvalue weighted by atomic mass is 10.0. The van der Waals surface area contributed by atoms with Crippen LogP contribution in [0.3, 0.4) is 0 Å². The highest BCUT2D eigenvalue weighted by atomic mass is 35.5. The van der Waals surface area contributed by atoms with E-state index in [1.165, 1.54) is 11.3 Å². The van der Waals surface area contributed by atoms with E-state index in [1.54, 1.807) is 24.2 Å². The van der Waals surface area contributed by atoms with Gasteiger partial charge in [0, 0.05) is 34.9 Å². The van der Waals surface area contributed by atoms with E-state index in [1.807, 2.05) is 31.2 Å². The first kappa shape index (κ1) is 21.1. The normalized spacial score (nSPS) is 10.9. The minimum absolute atomic E-state index is 0.0527. The maximum Gasteiger partial charge on any atom is 0.339 e. The van der Waals surface area contributed by atoms with E-state index in [0.29, 0.717) is 40.7 Å². The second-order valence-electron chi connectivity index (χ2n) is 6.62. The molecule has 7 heteroatoms. The molecule has 0 N–H and O–H groups in total. The van der Waals surface area contributed by atoms with Gasteiger partial charge in [-0.25, -0.2) is 4.79 Å². The summed E-state index contributed by atoms with van der Waals surface area (Å²) in [6.07, 6.45) is 2.21. The van der Waals surface area contributed by atoms with Crippen molar-refractivity contribution in [1.29, 1.82) is 0 Å². The number of thiophene rings is 1. The van der Waals surface area contributed by atoms with Crippen molar-refractivity contribution in [3.05, 3.63) is 73.7 Å². The van der Waals surface area contributed by atoms with Crippen LogP contribution < -0.4 is 10.4 Å². The van der Waals surface area contributed by atoms with E-state index in [2.05, 4.69) is 6.58 Å². The third kappa shape index (κ3) is 4.89. The standard InChI is InChI=1S/C22H22ClNO4S/c1-4-11-24(13-16-6-9-20(23)29-16)21(25)10-8-18-14(2)17-7-5-15(27-3)12-19(17)28-22(18)26/h4-7,9,12H,1,8,10-11,13H2,2-3H3. The van der Waals surface area contributed by atoms with E-state index in [-0.39, 0.29) is 12.3 Å². The monoisotopic (exact) mass is 431 g/mol. The van der Waals surface area contributed by atoms with Crippen molar-refractivity contribution >= 4 is 39.8 Å². The number of amides is 1. The average molecular weight is 432 g/mol. The van der Waals surface area contributed by atoms with Gasteiger partial charge in [0.25, 0.3) is 0 Å². The molecule has 0 fully saturated rings. The molecule has 29 heavy (non-hydrogen) atoms. The van der Waals surface area contributed by atoms with Crippen molar-refractivity contribution in [3.8, 4) is 5.75 Å². The fourth-order valence-electron chi connectivity index (χ4n) is 3.22. The average Bonchev–Trinajstić information content (AvgIpc) is 3.11. The van der Waals surface area contributed by atoms with Crippen molar-refractivity contribution in [2.24, 2.45) is 0 Å². The van der Waals surface area contributed by atoms with Gasteiger partial charge >= 0.3 is 5.63 Å². The molecule has 3 aromatic rings. The van der Waals surface area contributed by atoms with Crippen LogP contribution in [0, 0.1) is 6.92 Å². The Morgan fingerprint density at radius 1 is 1.34 bits per heavy atom.